The molecule has 0 aliphatic carbocycles. The summed E-state index contributed by atoms with van der Waals surface area (Å²) >= 11 is 6.01. The number of aliphatic hydroxyl groups is 1. The highest BCUT2D eigenvalue weighted by Crippen LogP contribution is 2.38. The maximum atomic E-state index is 10.6. The van der Waals surface area contributed by atoms with Crippen molar-refractivity contribution in [1.82, 2.24) is 9.88 Å². The second-order valence-corrected chi connectivity index (χ2v) is 11.1. The number of fused-ring (bicyclic) bond motifs is 2. The van der Waals surface area contributed by atoms with Crippen molar-refractivity contribution in [2.45, 2.75) is 50.9 Å². The van der Waals surface area contributed by atoms with Crippen LogP contribution in [0.2, 0.25) is 5.02 Å². The molecule has 6 nitrogen and oxygen atoms in total. The van der Waals surface area contributed by atoms with Gasteiger partial charge in [0.15, 0.2) is 0 Å². The zero-order valence-corrected chi connectivity index (χ0v) is 22.6. The normalized spacial score (nSPS) is 18.0. The number of piperidine rings is 1. The molecule has 0 bridgehead atoms. The first-order valence-electron chi connectivity index (χ1n) is 13.1. The quantitative estimate of drug-likeness (QED) is 0.399. The highest BCUT2D eigenvalue weighted by atomic mass is 35.5. The van der Waals surface area contributed by atoms with E-state index in [1.807, 2.05) is 48.5 Å². The monoisotopic (exact) mass is 528 g/mol. The number of nitrogens with one attached hydrogen (secondary N) is 1. The number of halogens is 1. The molecule has 1 saturated heterocycles. The third-order valence-electron chi connectivity index (χ3n) is 7.47. The zero-order valence-electron chi connectivity index (χ0n) is 21.9. The summed E-state index contributed by atoms with van der Waals surface area (Å²) in [7, 11) is 0. The summed E-state index contributed by atoms with van der Waals surface area (Å²) in [5, 5.41) is 24.8. The number of hydrogen-bond donors (Lipinski definition) is 2. The summed E-state index contributed by atoms with van der Waals surface area (Å²) in [5.41, 5.74) is 4.27. The largest absolute Gasteiger partial charge is 0.487 e. The average Bonchev–Trinajstić information content (AvgIpc) is 3.07. The van der Waals surface area contributed by atoms with E-state index in [2.05, 4.69) is 33.4 Å². The van der Waals surface area contributed by atoms with Crippen LogP contribution in [-0.2, 0) is 12.2 Å². The van der Waals surface area contributed by atoms with Gasteiger partial charge in [-0.25, -0.2) is 0 Å². The molecule has 5 rings (SSSR count). The van der Waals surface area contributed by atoms with Crippen LogP contribution >= 0.6 is 11.6 Å². The molecule has 0 atom stereocenters. The molecule has 7 heteroatoms. The Labute approximate surface area is 229 Å². The van der Waals surface area contributed by atoms with Crippen LogP contribution in [0, 0.1) is 11.3 Å². The molecule has 0 unspecified atom stereocenters. The number of benzene rings is 2. The lowest BCUT2D eigenvalue weighted by molar-refractivity contribution is 0.0785. The maximum Gasteiger partial charge on any atom is 0.131 e. The lowest BCUT2D eigenvalue weighted by Gasteiger charge is -2.38. The number of aromatic nitrogens is 1. The second kappa shape index (κ2) is 10.8. The highest BCUT2D eigenvalue weighted by Gasteiger charge is 2.34. The van der Waals surface area contributed by atoms with Gasteiger partial charge in [-0.15, -0.1) is 0 Å². The predicted molar refractivity (Wildman–Crippen MR) is 151 cm³/mol. The number of anilines is 1. The van der Waals surface area contributed by atoms with Gasteiger partial charge in [-0.1, -0.05) is 29.8 Å². The minimum absolute atomic E-state index is 0.408. The fourth-order valence-corrected chi connectivity index (χ4v) is 5.31. The van der Waals surface area contributed by atoms with E-state index in [1.165, 1.54) is 0 Å². The van der Waals surface area contributed by atoms with Gasteiger partial charge in [0.05, 0.1) is 17.4 Å². The number of pyridine rings is 1. The molecule has 2 N–H and O–H groups in total. The molecule has 0 spiro atoms. The van der Waals surface area contributed by atoms with E-state index < -0.39 is 11.1 Å². The SMILES string of the molecule is CC(C)(O)c1ccc2c(c1)C(=CCCN1CCC(C#N)(Nc3ccc(Cl)cc3)CC1)c1cccnc1CO2. The van der Waals surface area contributed by atoms with E-state index in [0.717, 1.165) is 78.3 Å². The van der Waals surface area contributed by atoms with E-state index >= 15 is 0 Å². The molecule has 2 aliphatic rings. The molecule has 3 heterocycles. The van der Waals surface area contributed by atoms with Crippen LogP contribution in [0.1, 0.15) is 55.5 Å². The van der Waals surface area contributed by atoms with Crippen molar-refractivity contribution in [2.24, 2.45) is 0 Å². The summed E-state index contributed by atoms with van der Waals surface area (Å²) < 4.78 is 6.12. The molecule has 1 aromatic heterocycles. The molecule has 1 fully saturated rings. The molecule has 0 saturated carbocycles. The van der Waals surface area contributed by atoms with E-state index in [9.17, 15) is 10.4 Å². The van der Waals surface area contributed by atoms with Gasteiger partial charge in [0.1, 0.15) is 17.9 Å². The first-order chi connectivity index (χ1) is 18.3. The zero-order chi connectivity index (χ0) is 26.8. The van der Waals surface area contributed by atoms with Crippen LogP contribution in [0.4, 0.5) is 5.69 Å². The molecule has 38 heavy (non-hydrogen) atoms. The molecule has 3 aromatic rings. The Morgan fingerprint density at radius 3 is 2.63 bits per heavy atom. The number of hydrogen-bond acceptors (Lipinski definition) is 6. The van der Waals surface area contributed by atoms with Gasteiger partial charge in [0, 0.05) is 47.7 Å². The Morgan fingerprint density at radius 2 is 1.92 bits per heavy atom. The second-order valence-electron chi connectivity index (χ2n) is 10.6. The third kappa shape index (κ3) is 5.71. The summed E-state index contributed by atoms with van der Waals surface area (Å²) in [6.07, 6.45) is 6.41. The first kappa shape index (κ1) is 26.2. The summed E-state index contributed by atoms with van der Waals surface area (Å²) in [4.78, 5) is 6.99. The van der Waals surface area contributed by atoms with Gasteiger partial charge >= 0.3 is 0 Å². The van der Waals surface area contributed by atoms with Gasteiger partial charge in [-0.3, -0.25) is 4.98 Å². The first-order valence-corrected chi connectivity index (χ1v) is 13.5. The summed E-state index contributed by atoms with van der Waals surface area (Å²) in [6.45, 7) is 6.58. The van der Waals surface area contributed by atoms with Gasteiger partial charge in [-0.2, -0.15) is 5.26 Å². The van der Waals surface area contributed by atoms with E-state index in [-0.39, 0.29) is 0 Å². The van der Waals surface area contributed by atoms with E-state index in [1.54, 1.807) is 20.0 Å². The number of ether oxygens (including phenoxy) is 1. The van der Waals surface area contributed by atoms with Crippen molar-refractivity contribution in [3.8, 4) is 11.8 Å². The fraction of sp³-hybridized carbons (Fsp3) is 0.355. The lowest BCUT2D eigenvalue weighted by atomic mass is 9.88. The van der Waals surface area contributed by atoms with Crippen molar-refractivity contribution in [3.63, 3.8) is 0 Å². The molecule has 0 amide bonds. The Kier molecular flexibility index (Phi) is 7.45. The summed E-state index contributed by atoms with van der Waals surface area (Å²) in [5.74, 6) is 0.798. The van der Waals surface area contributed by atoms with Gasteiger partial charge in [0.25, 0.3) is 0 Å². The standard InChI is InChI=1S/C31H33ClN4O2/c1-30(2,37)22-7-12-29-27(19-22)25(26-5-3-15-34-28(26)20-38-29)6-4-16-36-17-13-31(21-33,14-18-36)35-24-10-8-23(32)9-11-24/h3,5-12,15,19,35,37H,4,13-14,16-18,20H2,1-2H3. The third-order valence-corrected chi connectivity index (χ3v) is 7.72. The molecule has 2 aromatic carbocycles. The fourth-order valence-electron chi connectivity index (χ4n) is 5.18. The van der Waals surface area contributed by atoms with Gasteiger partial charge in [0.2, 0.25) is 0 Å². The van der Waals surface area contributed by atoms with Crippen LogP contribution in [0.25, 0.3) is 5.57 Å². The minimum Gasteiger partial charge on any atom is -0.487 e. The molecule has 196 valence electrons. The topological polar surface area (TPSA) is 81.4 Å². The maximum absolute atomic E-state index is 10.6. The molecular formula is C31H33ClN4O2. The van der Waals surface area contributed by atoms with Gasteiger partial charge < -0.3 is 20.1 Å². The van der Waals surface area contributed by atoms with Crippen molar-refractivity contribution in [3.05, 3.63) is 94.3 Å². The molecule has 2 aliphatic heterocycles. The van der Waals surface area contributed by atoms with Crippen molar-refractivity contribution >= 4 is 22.9 Å². The number of likely N-dealkylation sites (tertiary alicyclic amines) is 1. The van der Waals surface area contributed by atoms with Gasteiger partial charge in [-0.05, 0) is 86.7 Å². The van der Waals surface area contributed by atoms with Crippen LogP contribution < -0.4 is 10.1 Å². The van der Waals surface area contributed by atoms with Crippen LogP contribution in [0.5, 0.6) is 5.75 Å². The number of rotatable bonds is 6. The van der Waals surface area contributed by atoms with Crippen LogP contribution in [-0.4, -0.2) is 40.2 Å². The minimum atomic E-state index is -0.953. The molecule has 0 radical (unpaired) electrons. The Bertz CT molecular complexity index is 1360. The van der Waals surface area contributed by atoms with E-state index in [0.29, 0.717) is 11.6 Å². The molecular weight excluding hydrogens is 496 g/mol. The Morgan fingerprint density at radius 1 is 1.16 bits per heavy atom. The van der Waals surface area contributed by atoms with Crippen molar-refractivity contribution in [1.29, 1.82) is 5.26 Å². The van der Waals surface area contributed by atoms with Crippen LogP contribution in [0.3, 0.4) is 0 Å². The predicted octanol–water partition coefficient (Wildman–Crippen LogP) is 6.15. The summed E-state index contributed by atoms with van der Waals surface area (Å²) in [6, 6.07) is 20.0. The van der Waals surface area contributed by atoms with Crippen LogP contribution in [0.15, 0.2) is 66.9 Å². The average molecular weight is 529 g/mol. The lowest BCUT2D eigenvalue weighted by Crippen LogP contribution is -2.48. The Balaban J connectivity index is 1.32. The number of nitriles is 1. The Hall–Kier alpha value is -3.37. The highest BCUT2D eigenvalue weighted by molar-refractivity contribution is 6.30. The smallest absolute Gasteiger partial charge is 0.131 e. The van der Waals surface area contributed by atoms with Crippen molar-refractivity contribution < 1.29 is 9.84 Å². The van der Waals surface area contributed by atoms with Crippen molar-refractivity contribution in [2.75, 3.05) is 25.0 Å². The number of nitrogens with zero attached hydrogens (tertiary/aromatic N) is 3. The van der Waals surface area contributed by atoms with E-state index in [4.69, 9.17) is 16.3 Å².